The van der Waals surface area contributed by atoms with Gasteiger partial charge in [-0.15, -0.1) is 0 Å². The summed E-state index contributed by atoms with van der Waals surface area (Å²) in [5, 5.41) is 5.67. The molecule has 0 fully saturated rings. The van der Waals surface area contributed by atoms with Crippen LogP contribution in [0.1, 0.15) is 30.9 Å². The van der Waals surface area contributed by atoms with Gasteiger partial charge in [-0.05, 0) is 47.9 Å². The molecule has 1 aromatic heterocycles. The molecule has 5 nitrogen and oxygen atoms in total. The fourth-order valence-electron chi connectivity index (χ4n) is 2.10. The molecule has 1 heterocycles. The largest absolute Gasteiger partial charge is 0.348 e. The van der Waals surface area contributed by atoms with Crippen LogP contribution < -0.4 is 10.6 Å². The van der Waals surface area contributed by atoms with Crippen LogP contribution in [0.3, 0.4) is 0 Å². The summed E-state index contributed by atoms with van der Waals surface area (Å²) in [6.45, 7) is 2.36. The molecule has 2 amide bonds. The van der Waals surface area contributed by atoms with Crippen LogP contribution in [-0.2, 0) is 16.1 Å². The smallest absolute Gasteiger partial charge is 0.244 e. The first-order valence-electron chi connectivity index (χ1n) is 7.92. The van der Waals surface area contributed by atoms with Crippen molar-refractivity contribution in [1.82, 2.24) is 10.3 Å². The lowest BCUT2D eigenvalue weighted by Crippen LogP contribution is -2.20. The number of hydrogen-bond acceptors (Lipinski definition) is 3. The molecule has 2 N–H and O–H groups in total. The molecule has 124 valence electrons. The summed E-state index contributed by atoms with van der Waals surface area (Å²) in [6.07, 6.45) is 7.89. The molecule has 0 aliphatic carbocycles. The third-order valence-electron chi connectivity index (χ3n) is 3.29. The molecule has 0 saturated heterocycles. The molecule has 5 heteroatoms. The second-order valence-corrected chi connectivity index (χ2v) is 5.33. The Bertz CT molecular complexity index is 712. The van der Waals surface area contributed by atoms with Gasteiger partial charge in [0.05, 0.1) is 0 Å². The lowest BCUT2D eigenvalue weighted by Gasteiger charge is -2.07. The highest BCUT2D eigenvalue weighted by molar-refractivity contribution is 5.92. The van der Waals surface area contributed by atoms with Crippen molar-refractivity contribution >= 4 is 23.6 Å². The van der Waals surface area contributed by atoms with E-state index in [-0.39, 0.29) is 11.8 Å². The first-order chi connectivity index (χ1) is 11.7. The normalized spacial score (nSPS) is 10.5. The van der Waals surface area contributed by atoms with Crippen molar-refractivity contribution < 1.29 is 9.59 Å². The van der Waals surface area contributed by atoms with Crippen LogP contribution in [-0.4, -0.2) is 16.8 Å². The van der Waals surface area contributed by atoms with E-state index >= 15 is 0 Å². The van der Waals surface area contributed by atoms with E-state index in [0.717, 1.165) is 23.2 Å². The maximum atomic E-state index is 11.9. The zero-order valence-electron chi connectivity index (χ0n) is 13.7. The van der Waals surface area contributed by atoms with Crippen molar-refractivity contribution in [3.63, 3.8) is 0 Å². The fourth-order valence-corrected chi connectivity index (χ4v) is 2.10. The molecule has 1 aromatic carbocycles. The van der Waals surface area contributed by atoms with Gasteiger partial charge >= 0.3 is 0 Å². The van der Waals surface area contributed by atoms with Gasteiger partial charge in [-0.2, -0.15) is 0 Å². The lowest BCUT2D eigenvalue weighted by atomic mass is 10.2. The van der Waals surface area contributed by atoms with E-state index in [1.165, 1.54) is 6.08 Å². The van der Waals surface area contributed by atoms with Gasteiger partial charge in [-0.1, -0.05) is 19.1 Å². The fraction of sp³-hybridized carbons (Fsp3) is 0.211. The topological polar surface area (TPSA) is 71.1 Å². The number of aromatic nitrogens is 1. The van der Waals surface area contributed by atoms with Gasteiger partial charge in [-0.3, -0.25) is 14.6 Å². The van der Waals surface area contributed by atoms with E-state index < -0.39 is 0 Å². The Morgan fingerprint density at radius 2 is 1.96 bits per heavy atom. The number of rotatable bonds is 7. The summed E-state index contributed by atoms with van der Waals surface area (Å²) in [5.74, 6) is -0.175. The molecule has 0 saturated carbocycles. The third kappa shape index (κ3) is 6.04. The number of amides is 2. The van der Waals surface area contributed by atoms with Crippen LogP contribution in [0.5, 0.6) is 0 Å². The summed E-state index contributed by atoms with van der Waals surface area (Å²) >= 11 is 0. The molecule has 0 atom stereocenters. The summed E-state index contributed by atoms with van der Waals surface area (Å²) in [5.41, 5.74) is 2.59. The predicted molar refractivity (Wildman–Crippen MR) is 95.1 cm³/mol. The second-order valence-electron chi connectivity index (χ2n) is 5.33. The standard InChI is InChI=1S/C19H21N3O2/c1-2-4-19(24)22-17-6-3-5-16(13-17)14-21-18(23)8-7-15-9-11-20-12-10-15/h3,5-13H,2,4,14H2,1H3,(H,21,23)(H,22,24)/b8-7+. The van der Waals surface area contributed by atoms with Crippen LogP contribution in [0.4, 0.5) is 5.69 Å². The van der Waals surface area contributed by atoms with Gasteiger partial charge < -0.3 is 10.6 Å². The zero-order valence-corrected chi connectivity index (χ0v) is 13.7. The zero-order chi connectivity index (χ0) is 17.2. The highest BCUT2D eigenvalue weighted by Gasteiger charge is 2.02. The van der Waals surface area contributed by atoms with Crippen LogP contribution in [0.15, 0.2) is 54.9 Å². The highest BCUT2D eigenvalue weighted by atomic mass is 16.2. The number of carbonyl (C=O) groups excluding carboxylic acids is 2. The van der Waals surface area contributed by atoms with Gasteiger partial charge in [0.25, 0.3) is 0 Å². The van der Waals surface area contributed by atoms with Crippen molar-refractivity contribution in [3.8, 4) is 0 Å². The molecule has 0 spiro atoms. The Hall–Kier alpha value is -2.95. The Labute approximate surface area is 141 Å². The van der Waals surface area contributed by atoms with E-state index in [1.807, 2.05) is 43.3 Å². The quantitative estimate of drug-likeness (QED) is 0.769. The van der Waals surface area contributed by atoms with E-state index in [9.17, 15) is 9.59 Å². The molecule has 0 unspecified atom stereocenters. The van der Waals surface area contributed by atoms with Crippen molar-refractivity contribution in [2.45, 2.75) is 26.3 Å². The summed E-state index contributed by atoms with van der Waals surface area (Å²) in [4.78, 5) is 27.4. The molecule has 2 rings (SSSR count). The Morgan fingerprint density at radius 3 is 2.71 bits per heavy atom. The number of anilines is 1. The minimum atomic E-state index is -0.174. The minimum absolute atomic E-state index is 0.000954. The highest BCUT2D eigenvalue weighted by Crippen LogP contribution is 2.11. The number of nitrogens with zero attached hydrogens (tertiary/aromatic N) is 1. The van der Waals surface area contributed by atoms with Crippen LogP contribution in [0.25, 0.3) is 6.08 Å². The molecule has 2 aromatic rings. The average Bonchev–Trinajstić information content (AvgIpc) is 2.59. The molecule has 0 aliphatic rings. The Kier molecular flexibility index (Phi) is 6.71. The van der Waals surface area contributed by atoms with E-state index in [2.05, 4.69) is 15.6 Å². The summed E-state index contributed by atoms with van der Waals surface area (Å²) < 4.78 is 0. The van der Waals surface area contributed by atoms with Crippen molar-refractivity contribution in [2.24, 2.45) is 0 Å². The van der Waals surface area contributed by atoms with Crippen molar-refractivity contribution in [1.29, 1.82) is 0 Å². The van der Waals surface area contributed by atoms with E-state index in [0.29, 0.717) is 13.0 Å². The summed E-state index contributed by atoms with van der Waals surface area (Å²) in [7, 11) is 0. The van der Waals surface area contributed by atoms with Gasteiger partial charge in [0.2, 0.25) is 11.8 Å². The first kappa shape index (κ1) is 17.4. The lowest BCUT2D eigenvalue weighted by molar-refractivity contribution is -0.117. The first-order valence-corrected chi connectivity index (χ1v) is 7.92. The minimum Gasteiger partial charge on any atom is -0.348 e. The summed E-state index contributed by atoms with van der Waals surface area (Å²) in [6, 6.07) is 11.1. The maximum Gasteiger partial charge on any atom is 0.244 e. The monoisotopic (exact) mass is 323 g/mol. The maximum absolute atomic E-state index is 11.9. The van der Waals surface area contributed by atoms with Gasteiger partial charge in [0, 0.05) is 37.1 Å². The SMILES string of the molecule is CCCC(=O)Nc1cccc(CNC(=O)/C=C/c2ccncc2)c1. The molecular formula is C19H21N3O2. The van der Waals surface area contributed by atoms with E-state index in [4.69, 9.17) is 0 Å². The van der Waals surface area contributed by atoms with Crippen molar-refractivity contribution in [2.75, 3.05) is 5.32 Å². The number of carbonyl (C=O) groups is 2. The van der Waals surface area contributed by atoms with Crippen LogP contribution >= 0.6 is 0 Å². The Morgan fingerprint density at radius 1 is 1.17 bits per heavy atom. The number of pyridine rings is 1. The van der Waals surface area contributed by atoms with Crippen LogP contribution in [0.2, 0.25) is 0 Å². The molecular weight excluding hydrogens is 302 g/mol. The predicted octanol–water partition coefficient (Wildman–Crippen LogP) is 3.15. The Balaban J connectivity index is 1.86. The molecule has 0 bridgehead atoms. The van der Waals surface area contributed by atoms with E-state index in [1.54, 1.807) is 18.5 Å². The molecule has 24 heavy (non-hydrogen) atoms. The van der Waals surface area contributed by atoms with Gasteiger partial charge in [0.1, 0.15) is 0 Å². The van der Waals surface area contributed by atoms with Crippen molar-refractivity contribution in [3.05, 3.63) is 66.0 Å². The number of hydrogen-bond donors (Lipinski definition) is 2. The van der Waals surface area contributed by atoms with Gasteiger partial charge in [-0.25, -0.2) is 0 Å². The molecule has 0 radical (unpaired) electrons. The number of benzene rings is 1. The van der Waals surface area contributed by atoms with Gasteiger partial charge in [0.15, 0.2) is 0 Å². The molecule has 0 aliphatic heterocycles. The second kappa shape index (κ2) is 9.25. The van der Waals surface area contributed by atoms with Crippen LogP contribution in [0, 0.1) is 0 Å². The number of nitrogens with one attached hydrogen (secondary N) is 2. The third-order valence-corrected chi connectivity index (χ3v) is 3.29. The average molecular weight is 323 g/mol.